The summed E-state index contributed by atoms with van der Waals surface area (Å²) in [5, 5.41) is 11.8. The van der Waals surface area contributed by atoms with E-state index in [-0.39, 0.29) is 5.56 Å². The molecular formula is C11H9FN6. The smallest absolute Gasteiger partial charge is 0.145 e. The minimum atomic E-state index is -0.468. The number of anilines is 3. The molecule has 0 saturated carbocycles. The molecular weight excluding hydrogens is 235 g/mol. The summed E-state index contributed by atoms with van der Waals surface area (Å²) >= 11 is 0. The molecule has 0 bridgehead atoms. The van der Waals surface area contributed by atoms with Crippen LogP contribution in [0, 0.1) is 17.1 Å². The van der Waals surface area contributed by atoms with Gasteiger partial charge in [-0.05, 0) is 18.2 Å². The van der Waals surface area contributed by atoms with Crippen LogP contribution in [-0.4, -0.2) is 9.97 Å². The third kappa shape index (κ3) is 2.50. The number of nitriles is 1. The first kappa shape index (κ1) is 11.8. The molecule has 18 heavy (non-hydrogen) atoms. The monoisotopic (exact) mass is 244 g/mol. The molecule has 0 spiro atoms. The predicted octanol–water partition coefficient (Wildman–Crippen LogP) is 1.52. The van der Waals surface area contributed by atoms with E-state index in [1.165, 1.54) is 18.5 Å². The molecule has 0 fully saturated rings. The molecule has 0 aliphatic rings. The van der Waals surface area contributed by atoms with Gasteiger partial charge in [0.05, 0.1) is 11.3 Å². The number of nitrogen functional groups attached to an aromatic ring is 1. The minimum absolute atomic E-state index is 0.191. The molecule has 1 aromatic carbocycles. The first-order valence-electron chi connectivity index (χ1n) is 4.98. The van der Waals surface area contributed by atoms with E-state index in [1.807, 2.05) is 6.07 Å². The van der Waals surface area contributed by atoms with Crippen molar-refractivity contribution in [2.75, 3.05) is 10.7 Å². The number of halogens is 1. The Kier molecular flexibility index (Phi) is 3.31. The quantitative estimate of drug-likeness (QED) is 0.559. The lowest BCUT2D eigenvalue weighted by Gasteiger charge is -2.08. The summed E-state index contributed by atoms with van der Waals surface area (Å²) in [6.45, 7) is 0. The van der Waals surface area contributed by atoms with E-state index in [1.54, 1.807) is 6.07 Å². The summed E-state index contributed by atoms with van der Waals surface area (Å²) in [7, 11) is 0. The maximum Gasteiger partial charge on any atom is 0.145 e. The van der Waals surface area contributed by atoms with Gasteiger partial charge in [0, 0.05) is 6.07 Å². The van der Waals surface area contributed by atoms with Crippen LogP contribution in [0.4, 0.5) is 21.7 Å². The molecule has 7 heteroatoms. The van der Waals surface area contributed by atoms with E-state index >= 15 is 0 Å². The summed E-state index contributed by atoms with van der Waals surface area (Å²) in [6, 6.07) is 7.32. The second-order valence-corrected chi connectivity index (χ2v) is 3.36. The van der Waals surface area contributed by atoms with E-state index in [4.69, 9.17) is 11.1 Å². The number of hydrogen-bond acceptors (Lipinski definition) is 6. The normalized spacial score (nSPS) is 9.61. The van der Waals surface area contributed by atoms with Gasteiger partial charge in [-0.3, -0.25) is 0 Å². The van der Waals surface area contributed by atoms with Crippen molar-refractivity contribution in [3.05, 3.63) is 42.0 Å². The minimum Gasteiger partial charge on any atom is -0.339 e. The van der Waals surface area contributed by atoms with Crippen LogP contribution >= 0.6 is 0 Å². The van der Waals surface area contributed by atoms with Crippen LogP contribution in [0.1, 0.15) is 5.56 Å². The second-order valence-electron chi connectivity index (χ2n) is 3.36. The van der Waals surface area contributed by atoms with Crippen LogP contribution in [0.15, 0.2) is 30.6 Å². The Balaban J connectivity index is 2.31. The third-order valence-corrected chi connectivity index (χ3v) is 2.18. The Hall–Kier alpha value is -2.72. The van der Waals surface area contributed by atoms with Crippen molar-refractivity contribution in [2.24, 2.45) is 5.84 Å². The molecule has 1 aromatic heterocycles. The fraction of sp³-hybridized carbons (Fsp3) is 0. The Bertz CT molecular complexity index is 607. The van der Waals surface area contributed by atoms with E-state index in [2.05, 4.69) is 20.7 Å². The van der Waals surface area contributed by atoms with Crippen LogP contribution < -0.4 is 16.6 Å². The van der Waals surface area contributed by atoms with Crippen LogP contribution in [0.2, 0.25) is 0 Å². The van der Waals surface area contributed by atoms with Crippen LogP contribution in [0.25, 0.3) is 0 Å². The molecule has 0 amide bonds. The summed E-state index contributed by atoms with van der Waals surface area (Å²) in [5.74, 6) is 5.62. The second kappa shape index (κ2) is 5.07. The average molecular weight is 244 g/mol. The molecule has 1 heterocycles. The highest BCUT2D eigenvalue weighted by molar-refractivity contribution is 5.65. The van der Waals surface area contributed by atoms with Crippen LogP contribution in [0.5, 0.6) is 0 Å². The van der Waals surface area contributed by atoms with E-state index in [0.717, 1.165) is 6.07 Å². The predicted molar refractivity (Wildman–Crippen MR) is 64.2 cm³/mol. The maximum absolute atomic E-state index is 13.0. The summed E-state index contributed by atoms with van der Waals surface area (Å²) in [6.07, 6.45) is 1.31. The summed E-state index contributed by atoms with van der Waals surface area (Å²) < 4.78 is 13.0. The molecule has 4 N–H and O–H groups in total. The van der Waals surface area contributed by atoms with Crippen LogP contribution in [-0.2, 0) is 0 Å². The number of hydrogen-bond donors (Lipinski definition) is 3. The zero-order valence-corrected chi connectivity index (χ0v) is 9.18. The molecule has 0 aliphatic heterocycles. The number of nitrogens with one attached hydrogen (secondary N) is 2. The molecule has 2 aromatic rings. The van der Waals surface area contributed by atoms with Gasteiger partial charge >= 0.3 is 0 Å². The van der Waals surface area contributed by atoms with Crippen molar-refractivity contribution in [1.29, 1.82) is 5.26 Å². The van der Waals surface area contributed by atoms with Gasteiger partial charge in [-0.2, -0.15) is 5.26 Å². The topological polar surface area (TPSA) is 99.7 Å². The Morgan fingerprint density at radius 3 is 2.72 bits per heavy atom. The van der Waals surface area contributed by atoms with Gasteiger partial charge in [0.15, 0.2) is 0 Å². The van der Waals surface area contributed by atoms with Crippen molar-refractivity contribution >= 4 is 17.3 Å². The number of nitrogens with zero attached hydrogens (tertiary/aromatic N) is 3. The van der Waals surface area contributed by atoms with Crippen molar-refractivity contribution in [1.82, 2.24) is 9.97 Å². The Morgan fingerprint density at radius 1 is 1.22 bits per heavy atom. The third-order valence-electron chi connectivity index (χ3n) is 2.18. The lowest BCUT2D eigenvalue weighted by Crippen LogP contribution is -2.09. The lowest BCUT2D eigenvalue weighted by molar-refractivity contribution is 0.627. The zero-order chi connectivity index (χ0) is 13.0. The number of rotatable bonds is 3. The Morgan fingerprint density at radius 2 is 2.00 bits per heavy atom. The van der Waals surface area contributed by atoms with Gasteiger partial charge in [0.25, 0.3) is 0 Å². The highest BCUT2D eigenvalue weighted by atomic mass is 19.1. The van der Waals surface area contributed by atoms with E-state index in [0.29, 0.717) is 17.3 Å². The standard InChI is InChI=1S/C11H9FN6/c12-8-1-2-9(7(3-8)5-13)17-10-4-11(18-14)16-6-15-10/h1-4,6H,14H2,(H2,15,16,17,18). The van der Waals surface area contributed by atoms with Gasteiger partial charge in [-0.15, -0.1) is 0 Å². The number of benzene rings is 1. The van der Waals surface area contributed by atoms with Crippen LogP contribution in [0.3, 0.4) is 0 Å². The average Bonchev–Trinajstić information content (AvgIpc) is 2.41. The molecule has 0 unspecified atom stereocenters. The number of nitrogens with two attached hydrogens (primary N) is 1. The highest BCUT2D eigenvalue weighted by Crippen LogP contribution is 2.20. The van der Waals surface area contributed by atoms with Gasteiger partial charge in [-0.25, -0.2) is 20.2 Å². The molecule has 90 valence electrons. The van der Waals surface area contributed by atoms with E-state index in [9.17, 15) is 4.39 Å². The largest absolute Gasteiger partial charge is 0.339 e. The van der Waals surface area contributed by atoms with E-state index < -0.39 is 5.82 Å². The summed E-state index contributed by atoms with van der Waals surface area (Å²) in [5.41, 5.74) is 3.02. The maximum atomic E-state index is 13.0. The van der Waals surface area contributed by atoms with Crippen molar-refractivity contribution in [3.8, 4) is 6.07 Å². The van der Waals surface area contributed by atoms with Crippen molar-refractivity contribution < 1.29 is 4.39 Å². The fourth-order valence-corrected chi connectivity index (χ4v) is 1.36. The summed E-state index contributed by atoms with van der Waals surface area (Å²) in [4.78, 5) is 7.80. The molecule has 2 rings (SSSR count). The zero-order valence-electron chi connectivity index (χ0n) is 9.18. The molecule has 0 atom stereocenters. The first-order chi connectivity index (χ1) is 8.72. The highest BCUT2D eigenvalue weighted by Gasteiger charge is 2.05. The van der Waals surface area contributed by atoms with Gasteiger partial charge in [0.1, 0.15) is 29.8 Å². The molecule has 0 saturated heterocycles. The van der Waals surface area contributed by atoms with Gasteiger partial charge in [-0.1, -0.05) is 0 Å². The molecule has 0 radical (unpaired) electrons. The number of hydrazine groups is 1. The Labute approximate surface area is 102 Å². The van der Waals surface area contributed by atoms with Crippen molar-refractivity contribution in [2.45, 2.75) is 0 Å². The first-order valence-corrected chi connectivity index (χ1v) is 4.98. The number of aromatic nitrogens is 2. The van der Waals surface area contributed by atoms with Crippen molar-refractivity contribution in [3.63, 3.8) is 0 Å². The SMILES string of the molecule is N#Cc1cc(F)ccc1Nc1cc(NN)ncn1. The van der Waals surface area contributed by atoms with Gasteiger partial charge < -0.3 is 10.7 Å². The lowest BCUT2D eigenvalue weighted by atomic mass is 10.2. The van der Waals surface area contributed by atoms with Gasteiger partial charge in [0.2, 0.25) is 0 Å². The molecule has 0 aliphatic carbocycles. The fourth-order valence-electron chi connectivity index (χ4n) is 1.36. The molecule has 6 nitrogen and oxygen atoms in total.